The van der Waals surface area contributed by atoms with E-state index in [0.717, 1.165) is 58.5 Å². The SMILES string of the molecule is COCCCCc1c(COC)sc2ncnc(Nc3cc4cn[nH]c4cc3Cl)c12. The highest BCUT2D eigenvalue weighted by molar-refractivity contribution is 7.18. The van der Waals surface area contributed by atoms with Gasteiger partial charge in [-0.05, 0) is 37.0 Å². The Morgan fingerprint density at radius 1 is 1.17 bits per heavy atom. The molecule has 3 heterocycles. The number of nitrogens with zero attached hydrogens (tertiary/aromatic N) is 3. The number of methoxy groups -OCH3 is 2. The first-order valence-corrected chi connectivity index (χ1v) is 10.5. The fourth-order valence-electron chi connectivity index (χ4n) is 3.38. The first-order valence-electron chi connectivity index (χ1n) is 9.34. The summed E-state index contributed by atoms with van der Waals surface area (Å²) in [5.74, 6) is 0.750. The van der Waals surface area contributed by atoms with Crippen LogP contribution in [-0.4, -0.2) is 41.0 Å². The van der Waals surface area contributed by atoms with Crippen LogP contribution in [-0.2, 0) is 22.5 Å². The minimum Gasteiger partial charge on any atom is -0.385 e. The molecule has 29 heavy (non-hydrogen) atoms. The minimum absolute atomic E-state index is 0.557. The first-order chi connectivity index (χ1) is 14.2. The number of rotatable bonds is 9. The smallest absolute Gasteiger partial charge is 0.142 e. The van der Waals surface area contributed by atoms with Crippen LogP contribution in [0.15, 0.2) is 24.7 Å². The summed E-state index contributed by atoms with van der Waals surface area (Å²) in [7, 11) is 3.44. The molecule has 0 unspecified atom stereocenters. The molecule has 0 saturated heterocycles. The van der Waals surface area contributed by atoms with Gasteiger partial charge in [-0.15, -0.1) is 11.3 Å². The summed E-state index contributed by atoms with van der Waals surface area (Å²) in [5.41, 5.74) is 2.90. The number of halogens is 1. The Kier molecular flexibility index (Phi) is 6.25. The number of anilines is 2. The summed E-state index contributed by atoms with van der Waals surface area (Å²) in [6.45, 7) is 1.31. The summed E-state index contributed by atoms with van der Waals surface area (Å²) >= 11 is 8.14. The zero-order valence-electron chi connectivity index (χ0n) is 16.3. The predicted octanol–water partition coefficient (Wildman–Crippen LogP) is 5.08. The Hall–Kier alpha value is -2.26. The third-order valence-corrected chi connectivity index (χ3v) is 6.18. The van der Waals surface area contributed by atoms with Crippen molar-refractivity contribution < 1.29 is 9.47 Å². The normalized spacial score (nSPS) is 11.6. The largest absolute Gasteiger partial charge is 0.385 e. The van der Waals surface area contributed by atoms with Crippen LogP contribution >= 0.6 is 22.9 Å². The maximum Gasteiger partial charge on any atom is 0.142 e. The third kappa shape index (κ3) is 4.20. The van der Waals surface area contributed by atoms with Crippen molar-refractivity contribution in [1.29, 1.82) is 0 Å². The zero-order valence-corrected chi connectivity index (χ0v) is 17.9. The van der Waals surface area contributed by atoms with E-state index in [1.807, 2.05) is 12.1 Å². The molecule has 0 bridgehead atoms. The van der Waals surface area contributed by atoms with Crippen molar-refractivity contribution in [3.63, 3.8) is 0 Å². The molecular weight excluding hydrogens is 410 g/mol. The molecule has 0 atom stereocenters. The number of aromatic nitrogens is 4. The number of aryl methyl sites for hydroxylation is 1. The molecule has 3 aromatic heterocycles. The van der Waals surface area contributed by atoms with E-state index in [-0.39, 0.29) is 0 Å². The zero-order chi connectivity index (χ0) is 20.2. The molecule has 0 amide bonds. The molecule has 7 nitrogen and oxygen atoms in total. The number of H-pyrrole nitrogens is 1. The summed E-state index contributed by atoms with van der Waals surface area (Å²) in [6, 6.07) is 3.83. The highest BCUT2D eigenvalue weighted by Gasteiger charge is 2.18. The quantitative estimate of drug-likeness (QED) is 0.359. The lowest BCUT2D eigenvalue weighted by Gasteiger charge is -2.11. The molecule has 0 saturated carbocycles. The van der Waals surface area contributed by atoms with E-state index < -0.39 is 0 Å². The standard InChI is InChI=1S/C20H22ClN5O2S/c1-27-6-4-3-5-13-17(10-28-2)29-20-18(13)19(22-11-23-20)25-16-7-12-9-24-26-15(12)8-14(16)21/h7-9,11H,3-6,10H2,1-2H3,(H,24,26)(H,22,23,25). The van der Waals surface area contributed by atoms with Crippen LogP contribution < -0.4 is 5.32 Å². The van der Waals surface area contributed by atoms with E-state index in [9.17, 15) is 0 Å². The second-order valence-corrected chi connectivity index (χ2v) is 8.19. The fourth-order valence-corrected chi connectivity index (χ4v) is 4.75. The number of thiophene rings is 1. The van der Waals surface area contributed by atoms with Crippen molar-refractivity contribution in [2.45, 2.75) is 25.9 Å². The monoisotopic (exact) mass is 431 g/mol. The molecule has 4 aromatic rings. The molecule has 0 spiro atoms. The number of hydrogen-bond donors (Lipinski definition) is 2. The van der Waals surface area contributed by atoms with Gasteiger partial charge in [0.25, 0.3) is 0 Å². The van der Waals surface area contributed by atoms with E-state index in [1.54, 1.807) is 38.1 Å². The fraction of sp³-hybridized carbons (Fsp3) is 0.350. The van der Waals surface area contributed by atoms with Crippen LogP contribution in [0.5, 0.6) is 0 Å². The van der Waals surface area contributed by atoms with Crippen molar-refractivity contribution in [3.05, 3.63) is 40.1 Å². The molecule has 0 fully saturated rings. The van der Waals surface area contributed by atoms with Crippen molar-refractivity contribution in [3.8, 4) is 0 Å². The molecule has 9 heteroatoms. The van der Waals surface area contributed by atoms with E-state index in [0.29, 0.717) is 11.6 Å². The minimum atomic E-state index is 0.557. The van der Waals surface area contributed by atoms with Crippen molar-refractivity contribution in [1.82, 2.24) is 20.2 Å². The average Bonchev–Trinajstić information content (AvgIpc) is 3.30. The van der Waals surface area contributed by atoms with Crippen LogP contribution in [0.25, 0.3) is 21.1 Å². The number of benzene rings is 1. The van der Waals surface area contributed by atoms with Gasteiger partial charge in [-0.1, -0.05) is 11.6 Å². The Labute approximate surface area is 177 Å². The Bertz CT molecular complexity index is 1130. The lowest BCUT2D eigenvalue weighted by atomic mass is 10.1. The highest BCUT2D eigenvalue weighted by Crippen LogP contribution is 2.38. The van der Waals surface area contributed by atoms with Gasteiger partial charge in [0.2, 0.25) is 0 Å². The van der Waals surface area contributed by atoms with Crippen molar-refractivity contribution >= 4 is 55.6 Å². The summed E-state index contributed by atoms with van der Waals surface area (Å²) in [4.78, 5) is 11.1. The van der Waals surface area contributed by atoms with Crippen LogP contribution in [0.3, 0.4) is 0 Å². The van der Waals surface area contributed by atoms with Gasteiger partial charge in [-0.3, -0.25) is 5.10 Å². The number of aromatic amines is 1. The Morgan fingerprint density at radius 3 is 2.90 bits per heavy atom. The lowest BCUT2D eigenvalue weighted by Crippen LogP contribution is -1.99. The molecular formula is C20H22ClN5O2S. The second kappa shape index (κ2) is 9.04. The first kappa shape index (κ1) is 20.0. The number of unbranched alkanes of at least 4 members (excludes halogenated alkanes) is 1. The van der Waals surface area contributed by atoms with E-state index in [1.165, 1.54) is 10.4 Å². The maximum atomic E-state index is 6.49. The summed E-state index contributed by atoms with van der Waals surface area (Å²) < 4.78 is 10.6. The molecule has 4 rings (SSSR count). The molecule has 0 aliphatic heterocycles. The topological polar surface area (TPSA) is 84.9 Å². The van der Waals surface area contributed by atoms with Gasteiger partial charge in [0.05, 0.1) is 34.4 Å². The van der Waals surface area contributed by atoms with Gasteiger partial charge >= 0.3 is 0 Å². The van der Waals surface area contributed by atoms with Gasteiger partial charge in [-0.25, -0.2) is 9.97 Å². The Balaban J connectivity index is 1.73. The molecule has 152 valence electrons. The average molecular weight is 432 g/mol. The summed E-state index contributed by atoms with van der Waals surface area (Å²) in [5, 5.41) is 13.0. The van der Waals surface area contributed by atoms with Crippen LogP contribution in [0.2, 0.25) is 5.02 Å². The van der Waals surface area contributed by atoms with Gasteiger partial charge in [0.1, 0.15) is 17.0 Å². The van der Waals surface area contributed by atoms with Crippen LogP contribution in [0, 0.1) is 0 Å². The third-order valence-electron chi connectivity index (χ3n) is 4.75. The number of hydrogen-bond acceptors (Lipinski definition) is 7. The van der Waals surface area contributed by atoms with Gasteiger partial charge < -0.3 is 14.8 Å². The summed E-state index contributed by atoms with van der Waals surface area (Å²) in [6.07, 6.45) is 6.29. The molecule has 0 aliphatic carbocycles. The number of ether oxygens (including phenoxy) is 2. The van der Waals surface area contributed by atoms with Crippen molar-refractivity contribution in [2.75, 3.05) is 26.1 Å². The highest BCUT2D eigenvalue weighted by atomic mass is 35.5. The predicted molar refractivity (Wildman–Crippen MR) is 117 cm³/mol. The van der Waals surface area contributed by atoms with Gasteiger partial charge in [0, 0.05) is 31.1 Å². The van der Waals surface area contributed by atoms with Crippen molar-refractivity contribution in [2.24, 2.45) is 0 Å². The second-order valence-electron chi connectivity index (χ2n) is 6.70. The number of fused-ring (bicyclic) bond motifs is 2. The van der Waals surface area contributed by atoms with E-state index in [2.05, 4.69) is 25.5 Å². The molecule has 0 aliphatic rings. The Morgan fingerprint density at radius 2 is 2.07 bits per heavy atom. The molecule has 0 radical (unpaired) electrons. The molecule has 2 N–H and O–H groups in total. The van der Waals surface area contributed by atoms with E-state index >= 15 is 0 Å². The number of nitrogens with one attached hydrogen (secondary N) is 2. The molecule has 1 aromatic carbocycles. The lowest BCUT2D eigenvalue weighted by molar-refractivity contribution is 0.186. The maximum absolute atomic E-state index is 6.49. The van der Waals surface area contributed by atoms with Crippen LogP contribution in [0.4, 0.5) is 11.5 Å². The van der Waals surface area contributed by atoms with Gasteiger partial charge in [0.15, 0.2) is 0 Å². The van der Waals surface area contributed by atoms with E-state index in [4.69, 9.17) is 21.1 Å². The van der Waals surface area contributed by atoms with Gasteiger partial charge in [-0.2, -0.15) is 5.10 Å². The van der Waals surface area contributed by atoms with Crippen LogP contribution in [0.1, 0.15) is 23.3 Å².